The average molecular weight is 422 g/mol. The van der Waals surface area contributed by atoms with E-state index in [0.717, 1.165) is 10.9 Å². The number of pyridine rings is 1. The number of carbonyl (C=O) groups is 3. The maximum Gasteiger partial charge on any atom is 0.243 e. The first-order valence-corrected chi connectivity index (χ1v) is 9.77. The second-order valence-corrected chi connectivity index (χ2v) is 7.25. The summed E-state index contributed by atoms with van der Waals surface area (Å²) in [4.78, 5) is 40.9. The molecule has 0 aliphatic heterocycles. The van der Waals surface area contributed by atoms with E-state index in [4.69, 9.17) is 5.73 Å². The molecule has 0 aliphatic carbocycles. The number of benzene rings is 2. The second-order valence-electron chi connectivity index (χ2n) is 7.25. The largest absolute Gasteiger partial charge is 0.368 e. The molecule has 8 heteroatoms. The number of rotatable bonds is 8. The van der Waals surface area contributed by atoms with Gasteiger partial charge in [-0.3, -0.25) is 19.4 Å². The van der Waals surface area contributed by atoms with Crippen LogP contribution in [0.25, 0.3) is 10.9 Å². The van der Waals surface area contributed by atoms with Gasteiger partial charge in [0.25, 0.3) is 0 Å². The minimum absolute atomic E-state index is 0.106. The molecule has 3 amide bonds. The second kappa shape index (κ2) is 9.80. The SMILES string of the molecule is CC(=O)N[C@H](Cc1ccc(F)cc1)C(=O)N[C@H](Cc1ccc2ccccc2n1)C(N)=O. The zero-order valence-electron chi connectivity index (χ0n) is 17.0. The van der Waals surface area contributed by atoms with Crippen molar-refractivity contribution in [2.24, 2.45) is 5.73 Å². The lowest BCUT2D eigenvalue weighted by Gasteiger charge is -2.21. The fraction of sp³-hybridized carbons (Fsp3) is 0.217. The fourth-order valence-corrected chi connectivity index (χ4v) is 3.24. The van der Waals surface area contributed by atoms with Crippen molar-refractivity contribution >= 4 is 28.6 Å². The molecule has 7 nitrogen and oxygen atoms in total. The van der Waals surface area contributed by atoms with Crippen LogP contribution < -0.4 is 16.4 Å². The van der Waals surface area contributed by atoms with Crippen LogP contribution in [0.2, 0.25) is 0 Å². The molecule has 0 aliphatic rings. The molecule has 2 atom stereocenters. The summed E-state index contributed by atoms with van der Waals surface area (Å²) in [5.74, 6) is -2.09. The van der Waals surface area contributed by atoms with E-state index < -0.39 is 35.6 Å². The number of nitrogens with one attached hydrogen (secondary N) is 2. The number of aromatic nitrogens is 1. The van der Waals surface area contributed by atoms with Crippen molar-refractivity contribution in [3.8, 4) is 0 Å². The van der Waals surface area contributed by atoms with Gasteiger partial charge in [-0.05, 0) is 29.8 Å². The molecule has 2 aromatic carbocycles. The van der Waals surface area contributed by atoms with Crippen molar-refractivity contribution in [2.45, 2.75) is 31.8 Å². The molecule has 0 unspecified atom stereocenters. The Bertz CT molecular complexity index is 1100. The predicted molar refractivity (Wildman–Crippen MR) is 114 cm³/mol. The summed E-state index contributed by atoms with van der Waals surface area (Å²) in [6.07, 6.45) is 0.237. The molecule has 3 aromatic rings. The normalized spacial score (nSPS) is 12.7. The lowest BCUT2D eigenvalue weighted by atomic mass is 10.0. The van der Waals surface area contributed by atoms with Gasteiger partial charge < -0.3 is 16.4 Å². The monoisotopic (exact) mass is 422 g/mol. The van der Waals surface area contributed by atoms with Crippen LogP contribution in [0.1, 0.15) is 18.2 Å². The van der Waals surface area contributed by atoms with Gasteiger partial charge in [-0.2, -0.15) is 0 Å². The molecule has 0 bridgehead atoms. The Morgan fingerprint density at radius 2 is 1.65 bits per heavy atom. The highest BCUT2D eigenvalue weighted by Crippen LogP contribution is 2.13. The summed E-state index contributed by atoms with van der Waals surface area (Å²) in [6, 6.07) is 14.8. The third kappa shape index (κ3) is 6.08. The summed E-state index contributed by atoms with van der Waals surface area (Å²) >= 11 is 0. The number of nitrogens with zero attached hydrogens (tertiary/aromatic N) is 1. The number of carbonyl (C=O) groups excluding carboxylic acids is 3. The Morgan fingerprint density at radius 3 is 2.32 bits per heavy atom. The molecular weight excluding hydrogens is 399 g/mol. The Balaban J connectivity index is 1.74. The average Bonchev–Trinajstić information content (AvgIpc) is 2.73. The van der Waals surface area contributed by atoms with E-state index >= 15 is 0 Å². The van der Waals surface area contributed by atoms with Crippen LogP contribution in [0.4, 0.5) is 4.39 Å². The lowest BCUT2D eigenvalue weighted by Crippen LogP contribution is -2.54. The van der Waals surface area contributed by atoms with Crippen molar-refractivity contribution in [2.75, 3.05) is 0 Å². The van der Waals surface area contributed by atoms with Gasteiger partial charge in [-0.15, -0.1) is 0 Å². The van der Waals surface area contributed by atoms with Crippen LogP contribution >= 0.6 is 0 Å². The number of primary amides is 1. The Hall–Kier alpha value is -3.81. The number of amides is 3. The first-order valence-electron chi connectivity index (χ1n) is 9.77. The molecule has 0 saturated heterocycles. The quantitative estimate of drug-likeness (QED) is 0.512. The van der Waals surface area contributed by atoms with E-state index in [1.54, 1.807) is 6.07 Å². The zero-order chi connectivity index (χ0) is 22.4. The smallest absolute Gasteiger partial charge is 0.243 e. The van der Waals surface area contributed by atoms with E-state index in [1.807, 2.05) is 30.3 Å². The van der Waals surface area contributed by atoms with Gasteiger partial charge in [0.15, 0.2) is 0 Å². The van der Waals surface area contributed by atoms with Crippen molar-refractivity contribution in [3.63, 3.8) is 0 Å². The van der Waals surface area contributed by atoms with Crippen LogP contribution in [0.5, 0.6) is 0 Å². The highest BCUT2D eigenvalue weighted by Gasteiger charge is 2.26. The number of hydrogen-bond acceptors (Lipinski definition) is 4. The van der Waals surface area contributed by atoms with Crippen molar-refractivity contribution < 1.29 is 18.8 Å². The molecule has 160 valence electrons. The van der Waals surface area contributed by atoms with Gasteiger partial charge >= 0.3 is 0 Å². The van der Waals surface area contributed by atoms with Crippen LogP contribution in [0, 0.1) is 5.82 Å². The third-order valence-corrected chi connectivity index (χ3v) is 4.78. The third-order valence-electron chi connectivity index (χ3n) is 4.78. The molecule has 1 heterocycles. The topological polar surface area (TPSA) is 114 Å². The van der Waals surface area contributed by atoms with Gasteiger partial charge in [0.1, 0.15) is 17.9 Å². The van der Waals surface area contributed by atoms with Gasteiger partial charge in [0.2, 0.25) is 17.7 Å². The van der Waals surface area contributed by atoms with E-state index in [9.17, 15) is 18.8 Å². The van der Waals surface area contributed by atoms with Crippen molar-refractivity contribution in [1.82, 2.24) is 15.6 Å². The first-order chi connectivity index (χ1) is 14.8. The number of halogens is 1. The van der Waals surface area contributed by atoms with Crippen LogP contribution in [-0.2, 0) is 27.2 Å². The minimum atomic E-state index is -1.01. The molecular formula is C23H23FN4O3. The summed E-state index contributed by atoms with van der Waals surface area (Å²) < 4.78 is 13.2. The highest BCUT2D eigenvalue weighted by atomic mass is 19.1. The number of para-hydroxylation sites is 1. The molecule has 4 N–H and O–H groups in total. The standard InChI is InChI=1S/C23H23FN4O3/c1-14(29)26-21(12-15-6-9-17(24)10-7-15)23(31)28-20(22(25)30)13-18-11-8-16-4-2-3-5-19(16)27-18/h2-11,20-21H,12-13H2,1H3,(H2,25,30)(H,26,29)(H,28,31)/t20-,21-/m1/s1. The Labute approximate surface area is 178 Å². The van der Waals surface area contributed by atoms with Crippen molar-refractivity contribution in [3.05, 3.63) is 77.7 Å². The molecule has 3 rings (SSSR count). The summed E-state index contributed by atoms with van der Waals surface area (Å²) in [5, 5.41) is 6.13. The van der Waals surface area contributed by atoms with Gasteiger partial charge in [0, 0.05) is 30.8 Å². The van der Waals surface area contributed by atoms with Crippen LogP contribution in [0.15, 0.2) is 60.7 Å². The predicted octanol–water partition coefficient (Wildman–Crippen LogP) is 1.63. The van der Waals surface area contributed by atoms with Crippen LogP contribution in [-0.4, -0.2) is 34.8 Å². The molecule has 1 aromatic heterocycles. The van der Waals surface area contributed by atoms with Crippen molar-refractivity contribution in [1.29, 1.82) is 0 Å². The minimum Gasteiger partial charge on any atom is -0.368 e. The molecule has 0 fully saturated rings. The molecule has 0 spiro atoms. The van der Waals surface area contributed by atoms with Gasteiger partial charge in [-0.25, -0.2) is 4.39 Å². The molecule has 31 heavy (non-hydrogen) atoms. The molecule has 0 radical (unpaired) electrons. The van der Waals surface area contributed by atoms with E-state index in [0.29, 0.717) is 11.3 Å². The molecule has 0 saturated carbocycles. The highest BCUT2D eigenvalue weighted by molar-refractivity contribution is 5.91. The van der Waals surface area contributed by atoms with Gasteiger partial charge in [-0.1, -0.05) is 36.4 Å². The summed E-state index contributed by atoms with van der Waals surface area (Å²) in [6.45, 7) is 1.29. The zero-order valence-corrected chi connectivity index (χ0v) is 17.0. The van der Waals surface area contributed by atoms with Crippen LogP contribution in [0.3, 0.4) is 0 Å². The fourth-order valence-electron chi connectivity index (χ4n) is 3.24. The van der Waals surface area contributed by atoms with Gasteiger partial charge in [0.05, 0.1) is 5.52 Å². The van der Waals surface area contributed by atoms with E-state index in [1.165, 1.54) is 31.2 Å². The maximum atomic E-state index is 13.2. The first kappa shape index (κ1) is 21.9. The number of hydrogen-bond donors (Lipinski definition) is 3. The maximum absolute atomic E-state index is 13.2. The Kier molecular flexibility index (Phi) is 6.92. The van der Waals surface area contributed by atoms with E-state index in [-0.39, 0.29) is 12.8 Å². The lowest BCUT2D eigenvalue weighted by molar-refractivity contribution is -0.130. The summed E-state index contributed by atoms with van der Waals surface area (Å²) in [5.41, 5.74) is 7.52. The van der Waals surface area contributed by atoms with E-state index in [2.05, 4.69) is 15.6 Å². The number of nitrogens with two attached hydrogens (primary N) is 1. The Morgan fingerprint density at radius 1 is 0.935 bits per heavy atom. The number of fused-ring (bicyclic) bond motifs is 1. The summed E-state index contributed by atoms with van der Waals surface area (Å²) in [7, 11) is 0.